The second-order valence-electron chi connectivity index (χ2n) is 39.9. The van der Waals surface area contributed by atoms with Crippen LogP contribution in [-0.4, -0.2) is 416 Å². The van der Waals surface area contributed by atoms with Gasteiger partial charge in [0.1, 0.15) is 164 Å². The lowest BCUT2D eigenvalue weighted by molar-refractivity contribution is -0.397. The summed E-state index contributed by atoms with van der Waals surface area (Å²) >= 11 is 0. The molecule has 43 nitrogen and oxygen atoms in total. The molecule has 47 atom stereocenters. The minimum absolute atomic E-state index is 0.0120. The van der Waals surface area contributed by atoms with Gasteiger partial charge in [0.2, 0.25) is 6.29 Å². The highest BCUT2D eigenvalue weighted by Gasteiger charge is 2.74. The predicted octanol–water partition coefficient (Wildman–Crippen LogP) is -5.90. The Balaban J connectivity index is 0.757. The molecule has 12 fully saturated rings. The number of amides is 1. The van der Waals surface area contributed by atoms with E-state index in [1.807, 2.05) is 0 Å². The fraction of sp³-hybridized carbons (Fsp3) is 0.930. The number of rotatable bonds is 31. The highest BCUT2D eigenvalue weighted by molar-refractivity contribution is 5.82. The maximum Gasteiger partial charge on any atom is 0.317 e. The molecule has 4 saturated carbocycles. The normalized spacial score (nSPS) is 50.6. The van der Waals surface area contributed by atoms with Crippen LogP contribution in [0.3, 0.4) is 0 Å². The van der Waals surface area contributed by atoms with E-state index in [1.165, 1.54) is 13.8 Å². The van der Waals surface area contributed by atoms with Crippen molar-refractivity contribution in [2.45, 2.75) is 411 Å². The Morgan fingerprint density at radius 3 is 1.53 bits per heavy atom. The number of aliphatic carboxylic acids is 1. The molecule has 5 aliphatic carbocycles. The van der Waals surface area contributed by atoms with Gasteiger partial charge in [-0.15, -0.1) is 0 Å². The van der Waals surface area contributed by atoms with Gasteiger partial charge in [0.25, 0.3) is 5.91 Å². The zero-order valence-electron chi connectivity index (χ0n) is 73.9. The summed E-state index contributed by atoms with van der Waals surface area (Å²) in [7, 11) is 0. The highest BCUT2D eigenvalue weighted by Crippen LogP contribution is 2.76. The van der Waals surface area contributed by atoms with Crippen molar-refractivity contribution in [1.82, 2.24) is 5.32 Å². The molecule has 0 radical (unpaired) electrons. The topological polar surface area (TPSA) is 673 Å². The van der Waals surface area contributed by atoms with E-state index in [0.717, 1.165) is 44.0 Å². The third kappa shape index (κ3) is 20.0. The summed E-state index contributed by atoms with van der Waals surface area (Å²) in [4.78, 5) is 56.4. The van der Waals surface area contributed by atoms with Gasteiger partial charge in [0.15, 0.2) is 56.2 Å². The van der Waals surface area contributed by atoms with Crippen LogP contribution in [0.2, 0.25) is 0 Å². The van der Waals surface area contributed by atoms with Crippen LogP contribution in [0.15, 0.2) is 11.6 Å². The van der Waals surface area contributed by atoms with Crippen LogP contribution in [0.25, 0.3) is 0 Å². The smallest absolute Gasteiger partial charge is 0.317 e. The monoisotopic (exact) mass is 1860 g/mol. The summed E-state index contributed by atoms with van der Waals surface area (Å²) in [6.07, 6.45) is -60.1. The van der Waals surface area contributed by atoms with Gasteiger partial charge in [0, 0.05) is 13.0 Å². The van der Waals surface area contributed by atoms with Gasteiger partial charge in [0.05, 0.1) is 62.9 Å². The molecule has 0 aromatic rings. The Morgan fingerprint density at radius 1 is 0.450 bits per heavy atom. The van der Waals surface area contributed by atoms with Gasteiger partial charge in [-0.2, -0.15) is 0 Å². The number of aldehydes is 1. The van der Waals surface area contributed by atoms with Crippen molar-refractivity contribution in [2.24, 2.45) is 50.2 Å². The van der Waals surface area contributed by atoms with Crippen LogP contribution in [-0.2, 0) is 95.0 Å². The minimum atomic E-state index is -2.22. The maximum atomic E-state index is 16.1. The fourth-order valence-electron chi connectivity index (χ4n) is 23.2. The van der Waals surface area contributed by atoms with E-state index in [2.05, 4.69) is 46.0 Å². The van der Waals surface area contributed by atoms with Gasteiger partial charge in [-0.3, -0.25) is 14.4 Å². The number of carboxylic acid groups (broad SMARTS) is 1. The Hall–Kier alpha value is -3.62. The second-order valence-corrected chi connectivity index (χ2v) is 39.9. The first-order chi connectivity index (χ1) is 60.9. The molecule has 1 amide bonds. The molecule has 0 unspecified atom stereocenters. The van der Waals surface area contributed by atoms with E-state index in [-0.39, 0.29) is 38.1 Å². The molecule has 0 aromatic heterocycles. The van der Waals surface area contributed by atoms with Gasteiger partial charge in [-0.05, 0) is 124 Å². The molecule has 43 heteroatoms. The third-order valence-electron chi connectivity index (χ3n) is 31.2. The van der Waals surface area contributed by atoms with Crippen LogP contribution < -0.4 is 5.32 Å². The quantitative estimate of drug-likeness (QED) is 0.0101. The number of carboxylic acids is 1. The number of nitrogens with one attached hydrogen (secondary N) is 1. The second kappa shape index (κ2) is 41.6. The van der Waals surface area contributed by atoms with Crippen molar-refractivity contribution in [3.05, 3.63) is 11.6 Å². The average Bonchev–Trinajstić information content (AvgIpc) is 0.668. The number of unbranched alkanes of at least 4 members (excludes halogenated alkanes) is 7. The molecule has 129 heavy (non-hydrogen) atoms. The minimum Gasteiger partial charge on any atom is -0.481 e. The van der Waals surface area contributed by atoms with Crippen LogP contribution >= 0.6 is 0 Å². The predicted molar refractivity (Wildman–Crippen MR) is 429 cm³/mol. The number of aliphatic hydroxyl groups excluding tert-OH is 21. The summed E-state index contributed by atoms with van der Waals surface area (Å²) < 4.78 is 98.3. The van der Waals surface area contributed by atoms with E-state index in [4.69, 9.17) is 80.9 Å². The van der Waals surface area contributed by atoms with Crippen molar-refractivity contribution in [2.75, 3.05) is 39.6 Å². The van der Waals surface area contributed by atoms with Crippen molar-refractivity contribution in [1.29, 1.82) is 0 Å². The molecule has 8 aliphatic heterocycles. The number of carbonyl (C=O) groups excluding carboxylic acids is 3. The lowest BCUT2D eigenvalue weighted by atomic mass is 9.33. The first-order valence-corrected chi connectivity index (χ1v) is 45.6. The average molecular weight is 1860 g/mol. The number of esters is 1. The summed E-state index contributed by atoms with van der Waals surface area (Å²) in [6.45, 7) is 11.5. The number of hydrogen-bond acceptors (Lipinski definition) is 41. The summed E-state index contributed by atoms with van der Waals surface area (Å²) in [5.74, 6) is -4.24. The molecule has 0 spiro atoms. The van der Waals surface area contributed by atoms with Crippen LogP contribution in [0.1, 0.15) is 171 Å². The van der Waals surface area contributed by atoms with E-state index in [0.29, 0.717) is 57.8 Å². The maximum absolute atomic E-state index is 16.1. The van der Waals surface area contributed by atoms with Gasteiger partial charge >= 0.3 is 11.9 Å². The highest BCUT2D eigenvalue weighted by atomic mass is 16.8. The molecule has 13 aliphatic rings. The number of ether oxygens (including phenoxy) is 16. The Bertz CT molecular complexity index is 3740. The lowest BCUT2D eigenvalue weighted by Crippen LogP contribution is -2.70. The molecule has 23 N–H and O–H groups in total. The first-order valence-electron chi connectivity index (χ1n) is 45.6. The fourth-order valence-corrected chi connectivity index (χ4v) is 23.2. The zero-order valence-corrected chi connectivity index (χ0v) is 73.9. The van der Waals surface area contributed by atoms with E-state index >= 15 is 4.79 Å². The Labute approximate surface area is 745 Å². The van der Waals surface area contributed by atoms with Crippen LogP contribution in [0, 0.1) is 50.2 Å². The zero-order chi connectivity index (χ0) is 94.0. The standard InChI is InChI=1S/C86H139NO42/c1-35-49(97)56(104)69(127-77-63(111)67(125-75-59(107)54(102)52(100)42(29-88)119-75)64(36(2)118-77)122-74-62(110)65(41(93)33-116-74)123-72-57(105)50(98)39(91)31-114-72)78(117-35)129-80(113)86-25-24-81(3,4)27-38(86)37-18-19-45-82(5)22-21-47(83(6,34-90)44(82)20-23-84(45,7)85(37,8)28-46(86)94)121-79-70(128-76-60(108)55(103)53(101)43(30-89)120-76)66(124-73-58(106)51(99)40(92)32-115-73)61(109)68(126-79)71(112)87-26-16-14-12-10-9-11-13-15-17-48(95)96/h18,34-36,38-47,49-70,72-79,88-89,91-94,97-111H,9-17,19-33H2,1-8H3,(H,87,112)(H,95,96)/t35-,36+,38+,39+,40-,41+,42-,43-,44-,45-,46-,47+,49+,50-,51+,52-,53+,54+,55+,56+,57+,58-,59-,60-,61+,62+,63-,64+,65-,66+,67+,68+,69-,70-,72-,73+,74-,75+,76+,77-,78+,79-,82+,83+,84-,85-,86-/m1/s1. The first kappa shape index (κ1) is 103. The SMILES string of the molecule is C[C@@H]1O[C@H](O[C@H]2[C@H](OC(=O)[C@]34CCC(C)(C)C[C@H]3C3=CC[C@@H]5[C@@]6(C)CC[C@H](O[C@@H]7O[C@H](C(=O)NCCCCCCCCCCC(=O)O)[C@@H](O)[C@H](O[C@@H]8OC[C@@H](O)[C@H](O)[C@H]8O)[C@H]7O[C@@H]7O[C@H](CO)[C@H](O)[C@H](O)[C@H]7O)[C@@](C)(C=O)[C@@H]6CC[C@@]5(C)[C@]3(C)C[C@H]4O)O[C@H](C)[C@H](O)[C@@H]2O)[C@H](O)[C@H](O[C@@H]2O[C@H](CO)[C@@H](O)[C@H](O)[C@H]2O)[C@H]1O[C@H]1OC[C@H](O)[C@@H](O[C@H]2OC[C@H](O)[C@@H](O)[C@@H]2O)[C@@H]1O. The molecular formula is C86H139NO42. The van der Waals surface area contributed by atoms with Crippen LogP contribution in [0.4, 0.5) is 0 Å². The summed E-state index contributed by atoms with van der Waals surface area (Å²) in [6, 6.07) is 0. The van der Waals surface area contributed by atoms with Crippen molar-refractivity contribution >= 4 is 24.1 Å². The van der Waals surface area contributed by atoms with Gasteiger partial charge in [-0.25, -0.2) is 0 Å². The number of aliphatic hydroxyl groups is 21. The molecule has 8 saturated heterocycles. The van der Waals surface area contributed by atoms with Crippen molar-refractivity contribution < 1.29 is 207 Å². The summed E-state index contributed by atoms with van der Waals surface area (Å²) in [5.41, 5.74) is -5.19. The number of allylic oxidation sites excluding steroid dienone is 2. The molecule has 13 rings (SSSR count). The van der Waals surface area contributed by atoms with E-state index in [9.17, 15) is 122 Å². The van der Waals surface area contributed by atoms with Crippen LogP contribution in [0.5, 0.6) is 0 Å². The number of hydrogen-bond donors (Lipinski definition) is 23. The number of fused-ring (bicyclic) bond motifs is 7. The van der Waals surface area contributed by atoms with Crippen molar-refractivity contribution in [3.63, 3.8) is 0 Å². The summed E-state index contributed by atoms with van der Waals surface area (Å²) in [5, 5.41) is 248. The molecule has 0 aromatic carbocycles. The molecule has 0 bridgehead atoms. The van der Waals surface area contributed by atoms with Gasteiger partial charge in [-0.1, -0.05) is 91.7 Å². The molecule has 740 valence electrons. The van der Waals surface area contributed by atoms with Crippen molar-refractivity contribution in [3.8, 4) is 0 Å². The number of carbonyl (C=O) groups is 4. The molecular weight excluding hydrogens is 1720 g/mol. The molecule has 8 heterocycles. The Morgan fingerprint density at radius 2 is 0.946 bits per heavy atom. The van der Waals surface area contributed by atoms with E-state index in [1.54, 1.807) is 6.92 Å². The Kier molecular flexibility index (Phi) is 33.1. The third-order valence-corrected chi connectivity index (χ3v) is 31.2. The lowest BCUT2D eigenvalue weighted by Gasteiger charge is -2.71. The van der Waals surface area contributed by atoms with E-state index < -0.39 is 335 Å². The largest absolute Gasteiger partial charge is 0.481 e. The van der Waals surface area contributed by atoms with Gasteiger partial charge < -0.3 is 198 Å².